The molecular weight excluding hydrogens is 302 g/mol. The first-order valence-corrected chi connectivity index (χ1v) is 8.01. The molecule has 0 fully saturated rings. The molecule has 7 heteroatoms. The second-order valence-corrected chi connectivity index (χ2v) is 7.09. The highest BCUT2D eigenvalue weighted by Gasteiger charge is 2.27. The molecule has 20 heavy (non-hydrogen) atoms. The van der Waals surface area contributed by atoms with Gasteiger partial charge in [0.2, 0.25) is 10.0 Å². The predicted molar refractivity (Wildman–Crippen MR) is 77.4 cm³/mol. The van der Waals surface area contributed by atoms with Gasteiger partial charge in [0.25, 0.3) is 0 Å². The lowest BCUT2D eigenvalue weighted by Crippen LogP contribution is -2.41. The highest BCUT2D eigenvalue weighted by Crippen LogP contribution is 2.23. The zero-order valence-electron chi connectivity index (χ0n) is 11.6. The van der Waals surface area contributed by atoms with Crippen molar-refractivity contribution in [1.82, 2.24) is 4.72 Å². The van der Waals surface area contributed by atoms with Crippen molar-refractivity contribution >= 4 is 27.6 Å². The molecule has 0 aliphatic heterocycles. The summed E-state index contributed by atoms with van der Waals surface area (Å²) in [4.78, 5) is 11.1. The highest BCUT2D eigenvalue weighted by atomic mass is 35.5. The molecule has 0 aliphatic carbocycles. The number of sulfonamides is 1. The maximum atomic E-state index is 12.3. The SMILES string of the molecule is Cc1c(Cl)cccc1S(=O)(=O)NC(CC(C)C)C(=O)O. The molecule has 5 nitrogen and oxygen atoms in total. The van der Waals surface area contributed by atoms with E-state index in [9.17, 15) is 13.2 Å². The van der Waals surface area contributed by atoms with Gasteiger partial charge in [0, 0.05) is 5.02 Å². The van der Waals surface area contributed by atoms with Crippen molar-refractivity contribution in [3.63, 3.8) is 0 Å². The van der Waals surface area contributed by atoms with Crippen LogP contribution in [0.25, 0.3) is 0 Å². The lowest BCUT2D eigenvalue weighted by atomic mass is 10.1. The number of hydrogen-bond acceptors (Lipinski definition) is 3. The Morgan fingerprint density at radius 2 is 2.00 bits per heavy atom. The van der Waals surface area contributed by atoms with Gasteiger partial charge in [-0.1, -0.05) is 31.5 Å². The Morgan fingerprint density at radius 1 is 1.40 bits per heavy atom. The Bertz CT molecular complexity index is 598. The van der Waals surface area contributed by atoms with E-state index in [0.717, 1.165) is 0 Å². The van der Waals surface area contributed by atoms with Crippen LogP contribution in [0, 0.1) is 12.8 Å². The Labute approximate surface area is 124 Å². The standard InChI is InChI=1S/C13H18ClNO4S/c1-8(2)7-11(13(16)17)15-20(18,19)12-6-4-5-10(14)9(12)3/h4-6,8,11,15H,7H2,1-3H3,(H,16,17). The monoisotopic (exact) mass is 319 g/mol. The van der Waals surface area contributed by atoms with E-state index in [4.69, 9.17) is 16.7 Å². The lowest BCUT2D eigenvalue weighted by Gasteiger charge is -2.17. The molecule has 0 heterocycles. The maximum Gasteiger partial charge on any atom is 0.321 e. The van der Waals surface area contributed by atoms with Crippen LogP contribution in [0.15, 0.2) is 23.1 Å². The van der Waals surface area contributed by atoms with Gasteiger partial charge < -0.3 is 5.11 Å². The number of rotatable bonds is 6. The van der Waals surface area contributed by atoms with Crippen LogP contribution in [0.4, 0.5) is 0 Å². The van der Waals surface area contributed by atoms with Crippen molar-refractivity contribution in [2.24, 2.45) is 5.92 Å². The first kappa shape index (κ1) is 16.9. The van der Waals surface area contributed by atoms with Gasteiger partial charge in [-0.05, 0) is 37.0 Å². The molecule has 0 spiro atoms. The normalized spacial score (nSPS) is 13.4. The largest absolute Gasteiger partial charge is 0.480 e. The predicted octanol–water partition coefficient (Wildman–Crippen LogP) is 2.43. The molecule has 0 aromatic heterocycles. The Kier molecular flexibility index (Phi) is 5.56. The third-order valence-electron chi connectivity index (χ3n) is 2.81. The second-order valence-electron chi connectivity index (χ2n) is 5.00. The Balaban J connectivity index is 3.10. The summed E-state index contributed by atoms with van der Waals surface area (Å²) in [5, 5.41) is 9.43. The minimum absolute atomic E-state index is 0.00000567. The minimum Gasteiger partial charge on any atom is -0.480 e. The molecule has 0 amide bonds. The van der Waals surface area contributed by atoms with Crippen molar-refractivity contribution < 1.29 is 18.3 Å². The maximum absolute atomic E-state index is 12.3. The van der Waals surface area contributed by atoms with Crippen molar-refractivity contribution in [2.45, 2.75) is 38.1 Å². The molecule has 1 unspecified atom stereocenters. The molecule has 0 saturated heterocycles. The average molecular weight is 320 g/mol. The summed E-state index contributed by atoms with van der Waals surface area (Å²) in [7, 11) is -3.92. The van der Waals surface area contributed by atoms with Crippen LogP contribution in [0.5, 0.6) is 0 Å². The third kappa shape index (κ3) is 4.19. The van der Waals surface area contributed by atoms with Gasteiger partial charge in [0.15, 0.2) is 0 Å². The van der Waals surface area contributed by atoms with E-state index >= 15 is 0 Å². The number of carboxylic acid groups (broad SMARTS) is 1. The number of hydrogen-bond donors (Lipinski definition) is 2. The summed E-state index contributed by atoms with van der Waals surface area (Å²) < 4.78 is 26.8. The van der Waals surface area contributed by atoms with Crippen LogP contribution in [-0.4, -0.2) is 25.5 Å². The van der Waals surface area contributed by atoms with Crippen molar-refractivity contribution in [3.8, 4) is 0 Å². The molecule has 1 aromatic rings. The van der Waals surface area contributed by atoms with E-state index in [1.807, 2.05) is 13.8 Å². The average Bonchev–Trinajstić information content (AvgIpc) is 2.30. The molecule has 0 bridgehead atoms. The van der Waals surface area contributed by atoms with Gasteiger partial charge in [-0.2, -0.15) is 4.72 Å². The van der Waals surface area contributed by atoms with E-state index in [-0.39, 0.29) is 17.2 Å². The molecule has 2 N–H and O–H groups in total. The number of aliphatic carboxylic acids is 1. The van der Waals surface area contributed by atoms with Gasteiger partial charge in [0.05, 0.1) is 4.90 Å². The molecule has 0 aliphatic rings. The van der Waals surface area contributed by atoms with Crippen LogP contribution >= 0.6 is 11.6 Å². The molecule has 0 saturated carbocycles. The quantitative estimate of drug-likeness (QED) is 0.843. The molecule has 1 rings (SSSR count). The summed E-state index contributed by atoms with van der Waals surface area (Å²) in [6.07, 6.45) is 0.216. The summed E-state index contributed by atoms with van der Waals surface area (Å²) in [6, 6.07) is 3.34. The number of nitrogens with one attached hydrogen (secondary N) is 1. The molecule has 1 aromatic carbocycles. The first-order chi connectivity index (χ1) is 9.15. The molecule has 1 atom stereocenters. The smallest absolute Gasteiger partial charge is 0.321 e. The van der Waals surface area contributed by atoms with E-state index in [2.05, 4.69) is 4.72 Å². The van der Waals surface area contributed by atoms with Crippen LogP contribution in [0.2, 0.25) is 5.02 Å². The minimum atomic E-state index is -3.92. The zero-order chi connectivity index (χ0) is 15.5. The molecular formula is C13H18ClNO4S. The Morgan fingerprint density at radius 3 is 2.50 bits per heavy atom. The Hall–Kier alpha value is -1.11. The van der Waals surface area contributed by atoms with Crippen molar-refractivity contribution in [2.75, 3.05) is 0 Å². The van der Waals surface area contributed by atoms with Crippen molar-refractivity contribution in [1.29, 1.82) is 0 Å². The number of carbonyl (C=O) groups is 1. The van der Waals surface area contributed by atoms with Crippen LogP contribution in [0.3, 0.4) is 0 Å². The van der Waals surface area contributed by atoms with Gasteiger partial charge in [-0.3, -0.25) is 4.79 Å². The lowest BCUT2D eigenvalue weighted by molar-refractivity contribution is -0.139. The molecule has 0 radical (unpaired) electrons. The van der Waals surface area contributed by atoms with E-state index < -0.39 is 22.0 Å². The van der Waals surface area contributed by atoms with E-state index in [1.165, 1.54) is 12.1 Å². The van der Waals surface area contributed by atoms with E-state index in [1.54, 1.807) is 13.0 Å². The number of carboxylic acids is 1. The zero-order valence-corrected chi connectivity index (χ0v) is 13.1. The first-order valence-electron chi connectivity index (χ1n) is 6.15. The van der Waals surface area contributed by atoms with E-state index in [0.29, 0.717) is 10.6 Å². The van der Waals surface area contributed by atoms with Gasteiger partial charge >= 0.3 is 5.97 Å². The summed E-state index contributed by atoms with van der Waals surface area (Å²) in [6.45, 7) is 5.23. The van der Waals surface area contributed by atoms with Crippen LogP contribution in [-0.2, 0) is 14.8 Å². The summed E-state index contributed by atoms with van der Waals surface area (Å²) in [5.74, 6) is -1.14. The highest BCUT2D eigenvalue weighted by molar-refractivity contribution is 7.89. The van der Waals surface area contributed by atoms with Gasteiger partial charge in [0.1, 0.15) is 6.04 Å². The summed E-state index contributed by atoms with van der Waals surface area (Å²) >= 11 is 5.89. The fourth-order valence-electron chi connectivity index (χ4n) is 1.80. The van der Waals surface area contributed by atoms with Crippen molar-refractivity contribution in [3.05, 3.63) is 28.8 Å². The van der Waals surface area contributed by atoms with Crippen LogP contribution in [0.1, 0.15) is 25.8 Å². The third-order valence-corrected chi connectivity index (χ3v) is 4.84. The molecule has 112 valence electrons. The number of benzene rings is 1. The fourth-order valence-corrected chi connectivity index (χ4v) is 3.50. The fraction of sp³-hybridized carbons (Fsp3) is 0.462. The second kappa shape index (κ2) is 6.56. The number of halogens is 1. The van der Waals surface area contributed by atoms with Gasteiger partial charge in [-0.15, -0.1) is 0 Å². The van der Waals surface area contributed by atoms with Crippen LogP contribution < -0.4 is 4.72 Å². The topological polar surface area (TPSA) is 83.5 Å². The summed E-state index contributed by atoms with van der Waals surface area (Å²) in [5.41, 5.74) is 0.398. The van der Waals surface area contributed by atoms with Gasteiger partial charge in [-0.25, -0.2) is 8.42 Å².